The zero-order chi connectivity index (χ0) is 97.8. The maximum Gasteiger partial charge on any atom is 0.251 e. The van der Waals surface area contributed by atoms with Gasteiger partial charge in [0.1, 0.15) is 71.0 Å². The molecule has 0 unspecified atom stereocenters. The van der Waals surface area contributed by atoms with Crippen molar-refractivity contribution in [3.63, 3.8) is 0 Å². The van der Waals surface area contributed by atoms with Crippen LogP contribution in [0.15, 0.2) is 230 Å². The van der Waals surface area contributed by atoms with Gasteiger partial charge in [0.2, 0.25) is 17.3 Å². The van der Waals surface area contributed by atoms with E-state index in [1.54, 1.807) is 166 Å². The number of ether oxygens (including phenoxy) is 3. The van der Waals surface area contributed by atoms with Gasteiger partial charge in [-0.1, -0.05) is 157 Å². The first-order valence-electron chi connectivity index (χ1n) is 43.5. The normalized spacial score (nSPS) is 11.5. The van der Waals surface area contributed by atoms with Gasteiger partial charge in [0.15, 0.2) is 17.3 Å². The maximum absolute atomic E-state index is 13.0. The van der Waals surface area contributed by atoms with Crippen LogP contribution in [-0.2, 0) is 38.9 Å². The quantitative estimate of drug-likeness (QED) is 0.00972. The largest absolute Gasteiger partial charge is 0.506 e. The number of rotatable bonds is 45. The van der Waals surface area contributed by atoms with Gasteiger partial charge in [-0.3, -0.25) is 58.1 Å². The van der Waals surface area contributed by atoms with Crippen LogP contribution in [0, 0.1) is 0 Å². The lowest BCUT2D eigenvalue weighted by Gasteiger charge is -2.19. The van der Waals surface area contributed by atoms with Gasteiger partial charge >= 0.3 is 0 Å². The fraction of sp³-hybridized carbons (Fsp3) is 0.272. The first-order chi connectivity index (χ1) is 65.4. The molecule has 0 fully saturated rings. The molecule has 0 radical (unpaired) electrons. The number of aliphatic imine (C=N–C) groups is 3. The van der Waals surface area contributed by atoms with Gasteiger partial charge in [-0.2, -0.15) is 0 Å². The van der Waals surface area contributed by atoms with E-state index >= 15 is 0 Å². The molecule has 6 aromatic carbocycles. The van der Waals surface area contributed by atoms with Crippen LogP contribution in [0.2, 0.25) is 10.0 Å². The smallest absolute Gasteiger partial charge is 0.251 e. The molecule has 6 aromatic heterocycles. The summed E-state index contributed by atoms with van der Waals surface area (Å²) in [6.07, 6.45) is 1.89. The summed E-state index contributed by atoms with van der Waals surface area (Å²) in [5, 5.41) is 73.1. The molecule has 12 rings (SSSR count). The first kappa shape index (κ1) is 106. The number of aliphatic hydroxyl groups is 3. The fourth-order valence-corrected chi connectivity index (χ4v) is 16.8. The van der Waals surface area contributed by atoms with Crippen molar-refractivity contribution in [2.75, 3.05) is 98.7 Å². The highest BCUT2D eigenvalue weighted by molar-refractivity contribution is 9.10. The highest BCUT2D eigenvalue weighted by Crippen LogP contribution is 2.43. The van der Waals surface area contributed by atoms with Crippen LogP contribution >= 0.6 is 73.1 Å². The molecule has 0 saturated carbocycles. The molecule has 9 N–H and O–H groups in total. The number of Topliss-reactive ketones (excluding diaryl/α,β-unsaturated/α-hetero) is 6. The molecule has 3 amide bonds. The summed E-state index contributed by atoms with van der Waals surface area (Å²) in [4.78, 5) is 142. The van der Waals surface area contributed by atoms with E-state index in [1.807, 2.05) is 47.2 Å². The molecule has 0 aliphatic rings. The number of nitrogens with one attached hydrogen (secondary N) is 3. The van der Waals surface area contributed by atoms with Gasteiger partial charge in [0.05, 0.1) is 84.1 Å². The van der Waals surface area contributed by atoms with E-state index in [0.717, 1.165) is 42.0 Å². The van der Waals surface area contributed by atoms with E-state index in [-0.39, 0.29) is 188 Å². The molecule has 0 bridgehead atoms. The minimum Gasteiger partial charge on any atom is -0.506 e. The molecule has 0 aliphatic heterocycles. The number of aryl methyl sites for hydroxylation is 3. The van der Waals surface area contributed by atoms with E-state index in [0.29, 0.717) is 130 Å². The summed E-state index contributed by atoms with van der Waals surface area (Å²) < 4.78 is 16.3. The molecule has 6 heterocycles. The third kappa shape index (κ3) is 31.6. The number of amides is 3. The fourth-order valence-electron chi connectivity index (χ4n) is 13.2. The molecular formula is C103H104BrCl2N9O18S3. The summed E-state index contributed by atoms with van der Waals surface area (Å²) in [5.41, 5.74) is 12.1. The Hall–Kier alpha value is -12.5. The number of carbonyl (C=O) groups excluding carboxylic acids is 9. The van der Waals surface area contributed by atoms with Gasteiger partial charge in [-0.05, 0) is 181 Å². The average molecular weight is 2000 g/mol. The Morgan fingerprint density at radius 1 is 0.375 bits per heavy atom. The Balaban J connectivity index is 0.000000211. The van der Waals surface area contributed by atoms with E-state index in [1.165, 1.54) is 45.6 Å². The number of halogens is 3. The molecule has 12 aromatic rings. The zero-order valence-corrected chi connectivity index (χ0v) is 81.2. The van der Waals surface area contributed by atoms with Crippen molar-refractivity contribution in [1.82, 2.24) is 30.9 Å². The molecule has 0 spiro atoms. The minimum atomic E-state index is -0.364. The summed E-state index contributed by atoms with van der Waals surface area (Å²) in [6.45, 7) is 13.5. The standard InChI is InChI=1S/C37H41N3O6S.C33H32BrN3O6S.C33H31Cl2N3O6S/c1-24(29-23-47-35(34(29)44)26-13-15-28(16-14-26)37(2,3)4)39-22-33(43)31-7-5-6-30(40-31)32(42)17-10-25-8-11-27(12-9-25)36(45)38-18-20-46-21-19-41;1-21(26-20-44-32(31(26)41)23-10-12-25(34)13-11-23)36-19-30(40)28-4-2-3-27(37-28)29(39)14-7-22-5-8-24(9-6-22)33(42)35-15-17-43-18-16-38;1-20(24-19-45-32(31(24)42)23-10-11-25(34)26(35)17-23)37-18-30(41)28-4-2-3-27(38-28)29(40)12-7-21-5-8-22(9-6-21)33(43)36-13-15-44-16-14-39/h5-9,11-16,23,41,44H,10,17-22H2,1-4H3,(H,38,45);2-6,8-13,20,38,41H,7,14-19H2,1H3,(H,35,42);2-6,8-11,17,19,39,42H,7,12-16,18H2,1H3,(H,36,43). The summed E-state index contributed by atoms with van der Waals surface area (Å²) in [7, 11) is 0. The van der Waals surface area contributed by atoms with Crippen LogP contribution in [0.4, 0.5) is 0 Å². The molecule has 0 atom stereocenters. The summed E-state index contributed by atoms with van der Waals surface area (Å²) in [6, 6.07) is 56.1. The number of nitrogens with zero attached hydrogens (tertiary/aromatic N) is 6. The lowest BCUT2D eigenvalue weighted by Crippen LogP contribution is -2.27. The predicted octanol–water partition coefficient (Wildman–Crippen LogP) is 17.7. The molecule has 0 saturated heterocycles. The average Bonchev–Trinajstić information content (AvgIpc) is 1.66. The lowest BCUT2D eigenvalue weighted by molar-refractivity contribution is 0.0834. The van der Waals surface area contributed by atoms with Crippen molar-refractivity contribution < 1.29 is 88.0 Å². The van der Waals surface area contributed by atoms with Crippen molar-refractivity contribution in [1.29, 1.82) is 0 Å². The van der Waals surface area contributed by atoms with Crippen LogP contribution in [0.5, 0.6) is 17.2 Å². The number of benzene rings is 6. The Labute approximate surface area is 818 Å². The Morgan fingerprint density at radius 3 is 0.956 bits per heavy atom. The second-order valence-corrected chi connectivity index (χ2v) is 36.1. The highest BCUT2D eigenvalue weighted by atomic mass is 79.9. The topological polar surface area (TPSA) is 415 Å². The van der Waals surface area contributed by atoms with E-state index in [4.69, 9.17) is 52.7 Å². The molecule has 0 aliphatic carbocycles. The second-order valence-electron chi connectivity index (χ2n) is 31.8. The Bertz CT molecular complexity index is 6260. The van der Waals surface area contributed by atoms with Crippen molar-refractivity contribution in [2.45, 2.75) is 85.5 Å². The number of hydrogen-bond donors (Lipinski definition) is 9. The molecule has 708 valence electrons. The van der Waals surface area contributed by atoms with Gasteiger partial charge < -0.3 is 60.8 Å². The van der Waals surface area contributed by atoms with E-state index in [2.05, 4.69) is 94.7 Å². The third-order valence-electron chi connectivity index (χ3n) is 21.0. The number of ketones is 6. The van der Waals surface area contributed by atoms with E-state index < -0.39 is 0 Å². The first-order valence-corrected chi connectivity index (χ1v) is 47.7. The highest BCUT2D eigenvalue weighted by Gasteiger charge is 2.24. The van der Waals surface area contributed by atoms with Gasteiger partial charge in [-0.25, -0.2) is 15.0 Å². The summed E-state index contributed by atoms with van der Waals surface area (Å²) >= 11 is 19.7. The Morgan fingerprint density at radius 2 is 0.662 bits per heavy atom. The van der Waals surface area contributed by atoms with E-state index in [9.17, 15) is 58.5 Å². The van der Waals surface area contributed by atoms with Crippen molar-refractivity contribution in [3.8, 4) is 48.6 Å². The number of aromatic hydroxyl groups is 3. The molecular weight excluding hydrogens is 1900 g/mol. The van der Waals surface area contributed by atoms with Crippen LogP contribution in [0.25, 0.3) is 31.3 Å². The zero-order valence-electron chi connectivity index (χ0n) is 75.7. The maximum atomic E-state index is 13.0. The monoisotopic (exact) mass is 2000 g/mol. The van der Waals surface area contributed by atoms with Crippen molar-refractivity contribution >= 4 is 143 Å². The molecule has 33 heteroatoms. The van der Waals surface area contributed by atoms with Crippen molar-refractivity contribution in [2.24, 2.45) is 15.0 Å². The number of hydrogen-bond acceptors (Lipinski definition) is 27. The molecule has 27 nitrogen and oxygen atoms in total. The van der Waals surface area contributed by atoms with Gasteiger partial charge in [-0.15, -0.1) is 34.0 Å². The van der Waals surface area contributed by atoms with Crippen molar-refractivity contribution in [3.05, 3.63) is 315 Å². The third-order valence-corrected chi connectivity index (χ3v) is 25.3. The Kier molecular flexibility index (Phi) is 41.3. The second kappa shape index (κ2) is 53.1. The number of aromatic nitrogens is 3. The number of carbonyl (C=O) groups is 9. The number of thiophene rings is 3. The van der Waals surface area contributed by atoms with Crippen LogP contribution in [-0.4, -0.2) is 214 Å². The van der Waals surface area contributed by atoms with Crippen LogP contribution < -0.4 is 16.0 Å². The number of aliphatic hydroxyl groups excluding tert-OH is 3. The number of pyridine rings is 3. The summed E-state index contributed by atoms with van der Waals surface area (Å²) in [5.74, 6) is -2.06. The lowest BCUT2D eigenvalue weighted by atomic mass is 9.86. The van der Waals surface area contributed by atoms with Crippen LogP contribution in [0.3, 0.4) is 0 Å². The van der Waals surface area contributed by atoms with Gasteiger partial charge in [0, 0.05) is 110 Å². The SMILES string of the molecule is CC(=NCC(=O)c1cccc(C(=O)CCc2ccc(C(=O)NCCOCCO)cc2)n1)c1csc(-c2ccc(Br)cc2)c1O.CC(=NCC(=O)c1cccc(C(=O)CCc2ccc(C(=O)NCCOCCO)cc2)n1)c1csc(-c2ccc(C(C)(C)C)cc2)c1O.CC(=NCC(=O)c1cccc(C(=O)CCc2ccc(C(=O)NCCOCCO)cc2)n1)c1csc(-c2ccc(Cl)c(Cl)c2)c1O. The predicted molar refractivity (Wildman–Crippen MR) is 536 cm³/mol. The minimum absolute atomic E-state index is 0.0343. The molecule has 136 heavy (non-hydrogen) atoms. The van der Waals surface area contributed by atoms with Gasteiger partial charge in [0.25, 0.3) is 17.7 Å². The van der Waals surface area contributed by atoms with Crippen LogP contribution in [0.1, 0.15) is 194 Å².